The highest BCUT2D eigenvalue weighted by Crippen LogP contribution is 2.08. The van der Waals surface area contributed by atoms with Gasteiger partial charge in [-0.1, -0.05) is 63.3 Å². The van der Waals surface area contributed by atoms with E-state index in [1.54, 1.807) is 0 Å². The minimum Gasteiger partial charge on any atom is -0.726 e. The number of nitrogens with zero attached hydrogens (tertiary/aromatic N) is 1. The molecule has 0 aliphatic carbocycles. The lowest BCUT2D eigenvalue weighted by Gasteiger charge is -2.28. The van der Waals surface area contributed by atoms with Crippen molar-refractivity contribution in [1.29, 1.82) is 0 Å². The number of rotatable bonds is 21. The zero-order chi connectivity index (χ0) is 26.8. The van der Waals surface area contributed by atoms with Crippen LogP contribution >= 0.6 is 0 Å². The molecule has 0 spiro atoms. The lowest BCUT2D eigenvalue weighted by molar-refractivity contribution is -0.888. The monoisotopic (exact) mass is 518 g/mol. The Morgan fingerprint density at radius 2 is 1.43 bits per heavy atom. The second-order valence-corrected chi connectivity index (χ2v) is 10.5. The van der Waals surface area contributed by atoms with Crippen LogP contribution in [0.1, 0.15) is 104 Å². The normalized spacial score (nSPS) is 12.2. The third-order valence-corrected chi connectivity index (χ3v) is 6.26. The summed E-state index contributed by atoms with van der Waals surface area (Å²) in [4.78, 5) is 11.8. The van der Waals surface area contributed by atoms with E-state index < -0.39 is 10.4 Å². The summed E-state index contributed by atoms with van der Waals surface area (Å²) in [5, 5.41) is 3.07. The maximum Gasteiger partial charge on any atom is 0.219 e. The van der Waals surface area contributed by atoms with Crippen LogP contribution in [-0.2, 0) is 19.4 Å². The van der Waals surface area contributed by atoms with E-state index in [9.17, 15) is 17.8 Å². The minimum atomic E-state index is -4.42. The fraction of sp³-hybridized carbons (Fsp3) is 0.815. The lowest BCUT2D eigenvalue weighted by Crippen LogP contribution is -2.41. The van der Waals surface area contributed by atoms with Gasteiger partial charge in [-0.25, -0.2) is 8.42 Å². The number of amides is 1. The molecule has 0 aromatic heterocycles. The summed E-state index contributed by atoms with van der Waals surface area (Å²) < 4.78 is 33.0. The standard InChI is InChI=1S/C25H48N2O.C2H6O4S/c1-5-7-8-9-10-11-12-13-14-15-16-17-18-19-20-22-25(28)26-23-21-24-27(3,4)6-2;1-2-6-7(3,4)5/h10-11,13-14H,5-9,12,15-24H2,1-4H3;2H2,1H3,(H,3,4,5)/b11-10-,14-13-;. The maximum atomic E-state index is 11.8. The van der Waals surface area contributed by atoms with E-state index in [2.05, 4.69) is 61.7 Å². The van der Waals surface area contributed by atoms with E-state index in [1.165, 1.54) is 64.7 Å². The van der Waals surface area contributed by atoms with Crippen LogP contribution in [0.15, 0.2) is 24.3 Å². The Bertz CT molecular complexity index is 646. The van der Waals surface area contributed by atoms with Gasteiger partial charge in [0.25, 0.3) is 0 Å². The van der Waals surface area contributed by atoms with Crippen LogP contribution in [0.3, 0.4) is 0 Å². The molecule has 0 aromatic rings. The van der Waals surface area contributed by atoms with Gasteiger partial charge in [0.1, 0.15) is 0 Å². The number of nitrogens with one attached hydrogen (secondary N) is 1. The molecule has 0 atom stereocenters. The van der Waals surface area contributed by atoms with Crippen LogP contribution in [-0.4, -0.2) is 63.7 Å². The Morgan fingerprint density at radius 1 is 0.857 bits per heavy atom. The molecule has 0 fully saturated rings. The summed E-state index contributed by atoms with van der Waals surface area (Å²) in [6.45, 7) is 8.88. The molecule has 208 valence electrons. The highest BCUT2D eigenvalue weighted by Gasteiger charge is 2.10. The number of carbonyl (C=O) groups is 1. The van der Waals surface area contributed by atoms with Crippen molar-refractivity contribution in [3.63, 3.8) is 0 Å². The summed E-state index contributed by atoms with van der Waals surface area (Å²) >= 11 is 0. The Labute approximate surface area is 216 Å². The van der Waals surface area contributed by atoms with Gasteiger partial charge in [0.2, 0.25) is 16.3 Å². The van der Waals surface area contributed by atoms with Crippen molar-refractivity contribution >= 4 is 16.3 Å². The van der Waals surface area contributed by atoms with Gasteiger partial charge in [0.15, 0.2) is 0 Å². The molecule has 1 N–H and O–H groups in total. The number of quaternary nitrogens is 1. The van der Waals surface area contributed by atoms with Gasteiger partial charge < -0.3 is 14.4 Å². The van der Waals surface area contributed by atoms with Crippen molar-refractivity contribution < 1.29 is 26.4 Å². The largest absolute Gasteiger partial charge is 0.726 e. The molecule has 0 bridgehead atoms. The van der Waals surface area contributed by atoms with Crippen molar-refractivity contribution in [1.82, 2.24) is 5.32 Å². The molecule has 0 aliphatic heterocycles. The zero-order valence-corrected chi connectivity index (χ0v) is 24.0. The Kier molecular flexibility index (Phi) is 25.1. The van der Waals surface area contributed by atoms with Gasteiger partial charge >= 0.3 is 0 Å². The second kappa shape index (κ2) is 24.5. The van der Waals surface area contributed by atoms with Crippen LogP contribution in [0.4, 0.5) is 0 Å². The number of hydrogen-bond donors (Lipinski definition) is 1. The molecule has 0 saturated heterocycles. The van der Waals surface area contributed by atoms with Crippen molar-refractivity contribution in [2.24, 2.45) is 0 Å². The molecule has 0 unspecified atom stereocenters. The summed E-state index contributed by atoms with van der Waals surface area (Å²) in [5.74, 6) is 0.229. The van der Waals surface area contributed by atoms with Gasteiger partial charge in [0.05, 0.1) is 33.8 Å². The molecule has 0 radical (unpaired) electrons. The lowest BCUT2D eigenvalue weighted by atomic mass is 10.1. The van der Waals surface area contributed by atoms with Gasteiger partial charge in [-0.15, -0.1) is 0 Å². The molecule has 0 aliphatic rings. The molecule has 1 amide bonds. The topological polar surface area (TPSA) is 95.5 Å². The minimum absolute atomic E-state index is 0.0914. The van der Waals surface area contributed by atoms with E-state index in [0.29, 0.717) is 6.42 Å². The van der Waals surface area contributed by atoms with Crippen molar-refractivity contribution in [3.8, 4) is 0 Å². The fourth-order valence-corrected chi connectivity index (χ4v) is 3.51. The average molecular weight is 519 g/mol. The number of hydrogen-bond acceptors (Lipinski definition) is 5. The first-order valence-corrected chi connectivity index (χ1v) is 14.9. The van der Waals surface area contributed by atoms with Crippen molar-refractivity contribution in [3.05, 3.63) is 24.3 Å². The van der Waals surface area contributed by atoms with E-state index in [4.69, 9.17) is 0 Å². The van der Waals surface area contributed by atoms with Crippen LogP contribution in [0.5, 0.6) is 0 Å². The van der Waals surface area contributed by atoms with Crippen LogP contribution in [0.2, 0.25) is 0 Å². The number of allylic oxidation sites excluding steroid dienone is 4. The Balaban J connectivity index is 0. The first-order chi connectivity index (χ1) is 16.6. The molecule has 8 heteroatoms. The maximum absolute atomic E-state index is 11.8. The second-order valence-electron chi connectivity index (χ2n) is 9.47. The highest BCUT2D eigenvalue weighted by atomic mass is 32.3. The summed E-state index contributed by atoms with van der Waals surface area (Å²) in [7, 11) is 0.0565. The van der Waals surface area contributed by atoms with E-state index in [-0.39, 0.29) is 12.5 Å². The van der Waals surface area contributed by atoms with Gasteiger partial charge in [-0.2, -0.15) is 0 Å². The predicted octanol–water partition coefficient (Wildman–Crippen LogP) is 5.89. The third-order valence-electron chi connectivity index (χ3n) is 5.74. The van der Waals surface area contributed by atoms with E-state index >= 15 is 0 Å². The molecule has 7 nitrogen and oxygen atoms in total. The van der Waals surface area contributed by atoms with Crippen LogP contribution in [0, 0.1) is 0 Å². The molecule has 0 aromatic carbocycles. The fourth-order valence-electron chi connectivity index (χ4n) is 3.22. The first kappa shape index (κ1) is 35.9. The molecule has 0 saturated carbocycles. The van der Waals surface area contributed by atoms with Crippen LogP contribution in [0.25, 0.3) is 0 Å². The average Bonchev–Trinajstić information content (AvgIpc) is 2.79. The Morgan fingerprint density at radius 3 is 1.94 bits per heavy atom. The first-order valence-electron chi connectivity index (χ1n) is 13.6. The zero-order valence-electron chi connectivity index (χ0n) is 23.2. The number of unbranched alkanes of at least 4 members (excludes halogenated alkanes) is 8. The van der Waals surface area contributed by atoms with Crippen molar-refractivity contribution in [2.45, 2.75) is 104 Å². The molecular weight excluding hydrogens is 464 g/mol. The quantitative estimate of drug-likeness (QED) is 0.0672. The predicted molar refractivity (Wildman–Crippen MR) is 146 cm³/mol. The number of carbonyl (C=O) groups excluding carboxylic acids is 1. The van der Waals surface area contributed by atoms with Crippen molar-refractivity contribution in [2.75, 3.05) is 40.3 Å². The smallest absolute Gasteiger partial charge is 0.219 e. The highest BCUT2D eigenvalue weighted by molar-refractivity contribution is 7.80. The summed E-state index contributed by atoms with van der Waals surface area (Å²) in [6.07, 6.45) is 24.5. The SMILES string of the molecule is CCCCC/C=C\C/C=C\CCCCCCCC(=O)NCCC[N+](C)(C)CC.CCOS(=O)(=O)[O-]. The third kappa shape index (κ3) is 32.8. The summed E-state index contributed by atoms with van der Waals surface area (Å²) in [6, 6.07) is 0. The van der Waals surface area contributed by atoms with Gasteiger partial charge in [-0.3, -0.25) is 8.98 Å². The molecule has 35 heavy (non-hydrogen) atoms. The molecule has 0 heterocycles. The Hall–Kier alpha value is -1.22. The molecule has 0 rings (SSSR count). The van der Waals surface area contributed by atoms with Crippen LogP contribution < -0.4 is 5.32 Å². The van der Waals surface area contributed by atoms with Gasteiger partial charge in [-0.05, 0) is 52.4 Å². The summed E-state index contributed by atoms with van der Waals surface area (Å²) in [5.41, 5.74) is 0. The van der Waals surface area contributed by atoms with Gasteiger partial charge in [0, 0.05) is 19.4 Å². The molecular formula is C27H54N2O5S. The van der Waals surface area contributed by atoms with E-state index in [1.807, 2.05) is 0 Å². The van der Waals surface area contributed by atoms with E-state index in [0.717, 1.165) is 43.4 Å².